The second-order valence-electron chi connectivity index (χ2n) is 4.42. The van der Waals surface area contributed by atoms with Crippen molar-refractivity contribution >= 4 is 34.4 Å². The second-order valence-corrected chi connectivity index (χ2v) is 5.22. The van der Waals surface area contributed by atoms with Crippen LogP contribution in [-0.2, 0) is 0 Å². The monoisotopic (exact) mass is 270 g/mol. The van der Waals surface area contributed by atoms with Crippen molar-refractivity contribution in [3.8, 4) is 0 Å². The zero-order valence-corrected chi connectivity index (χ0v) is 10.7. The highest BCUT2D eigenvalue weighted by atomic mass is 35.5. The minimum atomic E-state index is 0.385. The minimum absolute atomic E-state index is 0.385. The summed E-state index contributed by atoms with van der Waals surface area (Å²) in [5.74, 6) is 0. The maximum absolute atomic E-state index is 6.07. The van der Waals surface area contributed by atoms with Crippen LogP contribution in [0, 0.1) is 0 Å². The highest BCUT2D eigenvalue weighted by Gasteiger charge is 2.20. The Balaban J connectivity index is 2.10. The Morgan fingerprint density at radius 2 is 1.94 bits per heavy atom. The van der Waals surface area contributed by atoms with Gasteiger partial charge in [0.25, 0.3) is 0 Å². The lowest BCUT2D eigenvalue weighted by Crippen LogP contribution is -2.14. The van der Waals surface area contributed by atoms with Gasteiger partial charge >= 0.3 is 0 Å². The number of aromatic nitrogens is 4. The number of halogens is 2. The molecule has 2 aromatic rings. The van der Waals surface area contributed by atoms with E-state index in [0.29, 0.717) is 27.4 Å². The molecule has 1 saturated carbocycles. The quantitative estimate of drug-likeness (QED) is 0.744. The standard InChI is InChI=1S/C11H12Cl2N4/c12-8-6-9(13)14-11-10(8)15-16-17(11)7-4-2-1-3-5-7/h6-7H,1-5H2. The van der Waals surface area contributed by atoms with Gasteiger partial charge in [-0.05, 0) is 18.9 Å². The predicted octanol–water partition coefficient (Wildman–Crippen LogP) is 3.64. The Kier molecular flexibility index (Phi) is 2.92. The molecule has 2 heterocycles. The van der Waals surface area contributed by atoms with Gasteiger partial charge < -0.3 is 0 Å². The zero-order chi connectivity index (χ0) is 11.8. The molecule has 90 valence electrons. The van der Waals surface area contributed by atoms with Crippen LogP contribution in [0.1, 0.15) is 38.1 Å². The van der Waals surface area contributed by atoms with Crippen molar-refractivity contribution in [3.63, 3.8) is 0 Å². The summed E-state index contributed by atoms with van der Waals surface area (Å²) in [5.41, 5.74) is 1.34. The maximum atomic E-state index is 6.07. The number of nitrogens with zero attached hydrogens (tertiary/aromatic N) is 4. The fourth-order valence-electron chi connectivity index (χ4n) is 2.43. The fourth-order valence-corrected chi connectivity index (χ4v) is 2.90. The van der Waals surface area contributed by atoms with Gasteiger partial charge in [-0.2, -0.15) is 0 Å². The molecule has 17 heavy (non-hydrogen) atoms. The third-order valence-corrected chi connectivity index (χ3v) is 3.76. The lowest BCUT2D eigenvalue weighted by Gasteiger charge is -2.21. The van der Waals surface area contributed by atoms with E-state index >= 15 is 0 Å². The van der Waals surface area contributed by atoms with Crippen molar-refractivity contribution in [3.05, 3.63) is 16.2 Å². The summed E-state index contributed by atoms with van der Waals surface area (Å²) in [5, 5.41) is 9.18. The van der Waals surface area contributed by atoms with Gasteiger partial charge in [0.15, 0.2) is 11.2 Å². The Hall–Kier alpha value is -0.870. The predicted molar refractivity (Wildman–Crippen MR) is 67.5 cm³/mol. The van der Waals surface area contributed by atoms with Gasteiger partial charge in [0.05, 0.1) is 11.1 Å². The first-order valence-corrected chi connectivity index (χ1v) is 6.58. The van der Waals surface area contributed by atoms with Crippen LogP contribution in [-0.4, -0.2) is 20.0 Å². The van der Waals surface area contributed by atoms with E-state index in [2.05, 4.69) is 15.3 Å². The van der Waals surface area contributed by atoms with Crippen molar-refractivity contribution in [2.45, 2.75) is 38.1 Å². The first-order chi connectivity index (χ1) is 8.25. The van der Waals surface area contributed by atoms with E-state index in [-0.39, 0.29) is 0 Å². The lowest BCUT2D eigenvalue weighted by atomic mass is 9.96. The van der Waals surface area contributed by atoms with Crippen LogP contribution in [0.15, 0.2) is 6.07 Å². The molecule has 0 bridgehead atoms. The number of hydrogen-bond donors (Lipinski definition) is 0. The van der Waals surface area contributed by atoms with Crippen molar-refractivity contribution < 1.29 is 0 Å². The molecule has 0 aliphatic heterocycles. The topological polar surface area (TPSA) is 43.6 Å². The van der Waals surface area contributed by atoms with Crippen LogP contribution in [0.5, 0.6) is 0 Å². The van der Waals surface area contributed by atoms with Gasteiger partial charge in [0, 0.05) is 0 Å². The van der Waals surface area contributed by atoms with E-state index in [4.69, 9.17) is 23.2 Å². The molecular formula is C11H12Cl2N4. The van der Waals surface area contributed by atoms with Gasteiger partial charge in [0.2, 0.25) is 0 Å². The third-order valence-electron chi connectivity index (χ3n) is 3.28. The number of rotatable bonds is 1. The van der Waals surface area contributed by atoms with Crippen molar-refractivity contribution in [1.82, 2.24) is 20.0 Å². The highest BCUT2D eigenvalue weighted by molar-refractivity contribution is 6.37. The molecule has 6 heteroatoms. The summed E-state index contributed by atoms with van der Waals surface area (Å²) in [7, 11) is 0. The molecule has 0 radical (unpaired) electrons. The van der Waals surface area contributed by atoms with Crippen LogP contribution < -0.4 is 0 Å². The molecular weight excluding hydrogens is 259 g/mol. The Morgan fingerprint density at radius 1 is 1.18 bits per heavy atom. The summed E-state index contributed by atoms with van der Waals surface area (Å²) >= 11 is 12.0. The molecule has 1 aliphatic rings. The van der Waals surface area contributed by atoms with Gasteiger partial charge in [-0.3, -0.25) is 0 Å². The van der Waals surface area contributed by atoms with E-state index in [1.54, 1.807) is 6.07 Å². The number of pyridine rings is 1. The van der Waals surface area contributed by atoms with E-state index in [0.717, 1.165) is 12.8 Å². The Labute approximate surface area is 109 Å². The van der Waals surface area contributed by atoms with Crippen LogP contribution in [0.3, 0.4) is 0 Å². The van der Waals surface area contributed by atoms with Gasteiger partial charge in [-0.25, -0.2) is 9.67 Å². The van der Waals surface area contributed by atoms with E-state index in [9.17, 15) is 0 Å². The molecule has 0 amide bonds. The van der Waals surface area contributed by atoms with Crippen LogP contribution in [0.4, 0.5) is 0 Å². The maximum Gasteiger partial charge on any atom is 0.181 e. The van der Waals surface area contributed by atoms with E-state index in [1.165, 1.54) is 19.3 Å². The molecule has 0 N–H and O–H groups in total. The lowest BCUT2D eigenvalue weighted by molar-refractivity contribution is 0.330. The van der Waals surface area contributed by atoms with Crippen molar-refractivity contribution in [2.75, 3.05) is 0 Å². The molecule has 2 aromatic heterocycles. The van der Waals surface area contributed by atoms with Gasteiger partial charge in [-0.15, -0.1) is 5.10 Å². The summed E-state index contributed by atoms with van der Waals surface area (Å²) in [4.78, 5) is 4.29. The zero-order valence-electron chi connectivity index (χ0n) is 9.24. The Morgan fingerprint density at radius 3 is 2.71 bits per heavy atom. The van der Waals surface area contributed by atoms with Gasteiger partial charge in [-0.1, -0.05) is 47.7 Å². The molecule has 0 atom stereocenters. The molecule has 0 unspecified atom stereocenters. The normalized spacial score (nSPS) is 17.8. The summed E-state index contributed by atoms with van der Waals surface area (Å²) in [6.07, 6.45) is 6.03. The number of fused-ring (bicyclic) bond motifs is 1. The largest absolute Gasteiger partial charge is 0.224 e. The van der Waals surface area contributed by atoms with E-state index < -0.39 is 0 Å². The van der Waals surface area contributed by atoms with E-state index in [1.807, 2.05) is 4.68 Å². The molecule has 0 spiro atoms. The molecule has 3 rings (SSSR count). The van der Waals surface area contributed by atoms with Crippen molar-refractivity contribution in [2.24, 2.45) is 0 Å². The van der Waals surface area contributed by atoms with Crippen LogP contribution >= 0.6 is 23.2 Å². The highest BCUT2D eigenvalue weighted by Crippen LogP contribution is 2.31. The minimum Gasteiger partial charge on any atom is -0.224 e. The van der Waals surface area contributed by atoms with Crippen molar-refractivity contribution in [1.29, 1.82) is 0 Å². The molecule has 4 nitrogen and oxygen atoms in total. The van der Waals surface area contributed by atoms with Crippen LogP contribution in [0.25, 0.3) is 11.2 Å². The van der Waals surface area contributed by atoms with Crippen LogP contribution in [0.2, 0.25) is 10.2 Å². The van der Waals surface area contributed by atoms with Gasteiger partial charge in [0.1, 0.15) is 5.15 Å². The summed E-state index contributed by atoms with van der Waals surface area (Å²) in [6.45, 7) is 0. The summed E-state index contributed by atoms with van der Waals surface area (Å²) in [6, 6.07) is 1.99. The Bertz CT molecular complexity index is 546. The summed E-state index contributed by atoms with van der Waals surface area (Å²) < 4.78 is 1.88. The average Bonchev–Trinajstić information content (AvgIpc) is 2.74. The second kappa shape index (κ2) is 4.42. The first kappa shape index (κ1) is 11.2. The molecule has 0 saturated heterocycles. The average molecular weight is 271 g/mol. The smallest absolute Gasteiger partial charge is 0.181 e. The molecule has 1 aliphatic carbocycles. The SMILES string of the molecule is Clc1cc(Cl)c2nnn(C3CCCCC3)c2n1. The molecule has 1 fully saturated rings. The fraction of sp³-hybridized carbons (Fsp3) is 0.545. The third kappa shape index (κ3) is 2.00. The molecule has 0 aromatic carbocycles. The number of hydrogen-bond acceptors (Lipinski definition) is 3. The first-order valence-electron chi connectivity index (χ1n) is 5.82.